The summed E-state index contributed by atoms with van der Waals surface area (Å²) < 4.78 is 10.1. The van der Waals surface area contributed by atoms with Crippen LogP contribution in [0.1, 0.15) is 13.8 Å². The summed E-state index contributed by atoms with van der Waals surface area (Å²) in [5, 5.41) is 23.6. The lowest BCUT2D eigenvalue weighted by atomic mass is 10.5. The van der Waals surface area contributed by atoms with E-state index in [1.807, 2.05) is 13.8 Å². The van der Waals surface area contributed by atoms with Crippen molar-refractivity contribution in [1.82, 2.24) is 0 Å². The van der Waals surface area contributed by atoms with Gasteiger partial charge in [0.15, 0.2) is 0 Å². The molecule has 0 bridgehead atoms. The third-order valence-electron chi connectivity index (χ3n) is 1.01. The Hall–Kier alpha value is -0.200. The highest BCUT2D eigenvalue weighted by molar-refractivity contribution is 4.36. The van der Waals surface area contributed by atoms with E-state index < -0.39 is 0 Å². The van der Waals surface area contributed by atoms with Crippen molar-refractivity contribution in [2.45, 2.75) is 20.0 Å². The van der Waals surface area contributed by atoms with Crippen LogP contribution >= 0.6 is 0 Å². The Kier molecular flexibility index (Phi) is 17.7. The van der Waals surface area contributed by atoms with Crippen molar-refractivity contribution in [2.24, 2.45) is 0 Å². The average molecular weight is 210 g/mol. The zero-order valence-electron chi connectivity index (χ0n) is 8.98. The number of ether oxygens (including phenoxy) is 2. The number of aliphatic hydroxyl groups is 3. The number of hydrogen-bond acceptors (Lipinski definition) is 5. The Morgan fingerprint density at radius 1 is 0.857 bits per heavy atom. The molecule has 14 heavy (non-hydrogen) atoms. The van der Waals surface area contributed by atoms with Gasteiger partial charge < -0.3 is 24.8 Å². The molecule has 88 valence electrons. The molecule has 0 spiro atoms. The van der Waals surface area contributed by atoms with Crippen molar-refractivity contribution in [3.63, 3.8) is 0 Å². The monoisotopic (exact) mass is 210 g/mol. The van der Waals surface area contributed by atoms with Gasteiger partial charge in [-0.1, -0.05) is 0 Å². The van der Waals surface area contributed by atoms with Crippen molar-refractivity contribution in [3.8, 4) is 0 Å². The molecule has 3 N–H and O–H groups in total. The van der Waals surface area contributed by atoms with Gasteiger partial charge in [0.25, 0.3) is 0 Å². The molecule has 0 heterocycles. The normalized spacial score (nSPS) is 9.86. The van der Waals surface area contributed by atoms with Crippen molar-refractivity contribution in [3.05, 3.63) is 0 Å². The zero-order chi connectivity index (χ0) is 11.2. The summed E-state index contributed by atoms with van der Waals surface area (Å²) in [4.78, 5) is 0. The van der Waals surface area contributed by atoms with E-state index in [9.17, 15) is 0 Å². The smallest absolute Gasteiger partial charge is 0.0703 e. The quantitative estimate of drug-likeness (QED) is 0.489. The highest BCUT2D eigenvalue weighted by Crippen LogP contribution is 1.86. The van der Waals surface area contributed by atoms with Gasteiger partial charge in [0.1, 0.15) is 0 Å². The van der Waals surface area contributed by atoms with E-state index in [-0.39, 0.29) is 25.9 Å². The fourth-order valence-corrected chi connectivity index (χ4v) is 0.509. The summed E-state index contributed by atoms with van der Waals surface area (Å²) in [7, 11) is 0. The van der Waals surface area contributed by atoms with E-state index in [1.54, 1.807) is 0 Å². The van der Waals surface area contributed by atoms with Gasteiger partial charge in [0.05, 0.1) is 45.7 Å². The molecule has 0 radical (unpaired) electrons. The first kappa shape index (κ1) is 16.2. The maximum Gasteiger partial charge on any atom is 0.0703 e. The molecule has 0 aromatic rings. The average Bonchev–Trinajstić information content (AvgIpc) is 2.18. The van der Waals surface area contributed by atoms with E-state index in [4.69, 9.17) is 24.8 Å². The summed E-state index contributed by atoms with van der Waals surface area (Å²) in [6.07, 6.45) is 0.262. The van der Waals surface area contributed by atoms with Crippen LogP contribution in [0.5, 0.6) is 0 Å². The molecule has 0 atom stereocenters. The lowest BCUT2D eigenvalue weighted by molar-refractivity contribution is 0.0103. The summed E-state index contributed by atoms with van der Waals surface area (Å²) in [6.45, 7) is 5.37. The van der Waals surface area contributed by atoms with Crippen molar-refractivity contribution in [1.29, 1.82) is 0 Å². The van der Waals surface area contributed by atoms with Gasteiger partial charge in [-0.25, -0.2) is 0 Å². The number of hydrogen-bond donors (Lipinski definition) is 3. The second-order valence-corrected chi connectivity index (χ2v) is 2.70. The first-order chi connectivity index (χ1) is 6.68. The van der Waals surface area contributed by atoms with E-state index >= 15 is 0 Å². The van der Waals surface area contributed by atoms with Crippen LogP contribution in [0.15, 0.2) is 0 Å². The van der Waals surface area contributed by atoms with Crippen molar-refractivity contribution >= 4 is 0 Å². The number of aliphatic hydroxyl groups excluding tert-OH is 3. The van der Waals surface area contributed by atoms with Crippen LogP contribution in [0.25, 0.3) is 0 Å². The molecular weight excluding hydrogens is 188 g/mol. The second-order valence-electron chi connectivity index (χ2n) is 2.70. The van der Waals surface area contributed by atoms with Gasteiger partial charge in [0.2, 0.25) is 0 Å². The fourth-order valence-electron chi connectivity index (χ4n) is 0.509. The van der Waals surface area contributed by atoms with Crippen LogP contribution in [0, 0.1) is 0 Å². The predicted molar refractivity (Wildman–Crippen MR) is 53.2 cm³/mol. The molecule has 0 rings (SSSR count). The highest BCUT2D eigenvalue weighted by atomic mass is 16.5. The first-order valence-corrected chi connectivity index (χ1v) is 4.71. The maximum absolute atomic E-state index is 8.31. The van der Waals surface area contributed by atoms with E-state index in [2.05, 4.69) is 0 Å². The lowest BCUT2D eigenvalue weighted by Crippen LogP contribution is -2.10. The molecule has 0 amide bonds. The first-order valence-electron chi connectivity index (χ1n) is 4.71. The highest BCUT2D eigenvalue weighted by Gasteiger charge is 1.91. The fraction of sp³-hybridized carbons (Fsp3) is 1.00. The van der Waals surface area contributed by atoms with Crippen LogP contribution in [0.4, 0.5) is 0 Å². The van der Waals surface area contributed by atoms with Crippen molar-refractivity contribution in [2.75, 3.05) is 39.6 Å². The molecule has 0 aliphatic heterocycles. The van der Waals surface area contributed by atoms with Gasteiger partial charge >= 0.3 is 0 Å². The molecule has 0 fully saturated rings. The van der Waals surface area contributed by atoms with Crippen LogP contribution in [-0.4, -0.2) is 61.1 Å². The van der Waals surface area contributed by atoms with Gasteiger partial charge in [-0.3, -0.25) is 0 Å². The summed E-state index contributed by atoms with van der Waals surface area (Å²) >= 11 is 0. The van der Waals surface area contributed by atoms with Gasteiger partial charge in [-0.05, 0) is 13.8 Å². The Labute approximate surface area is 85.3 Å². The van der Waals surface area contributed by atoms with Gasteiger partial charge in [0, 0.05) is 0 Å². The molecular formula is C9H22O5. The Bertz CT molecular complexity index is 85.3. The maximum atomic E-state index is 8.31. The third kappa shape index (κ3) is 22.6. The third-order valence-corrected chi connectivity index (χ3v) is 1.01. The van der Waals surface area contributed by atoms with E-state index in [0.717, 1.165) is 0 Å². The van der Waals surface area contributed by atoms with Crippen LogP contribution in [0.3, 0.4) is 0 Å². The summed E-state index contributed by atoms with van der Waals surface area (Å²) in [5.41, 5.74) is 0. The van der Waals surface area contributed by atoms with Crippen LogP contribution in [-0.2, 0) is 9.47 Å². The SMILES string of the molecule is CC(C)OCCOCCO.OCCO. The molecule has 0 aliphatic carbocycles. The Balaban J connectivity index is 0. The molecule has 5 heteroatoms. The minimum Gasteiger partial charge on any atom is -0.394 e. The molecule has 0 aromatic heterocycles. The largest absolute Gasteiger partial charge is 0.394 e. The molecule has 0 aromatic carbocycles. The molecule has 0 saturated heterocycles. The molecule has 0 aliphatic rings. The molecule has 5 nitrogen and oxygen atoms in total. The Morgan fingerprint density at radius 3 is 1.79 bits per heavy atom. The van der Waals surface area contributed by atoms with E-state index in [1.165, 1.54) is 0 Å². The van der Waals surface area contributed by atoms with Crippen molar-refractivity contribution < 1.29 is 24.8 Å². The van der Waals surface area contributed by atoms with E-state index in [0.29, 0.717) is 19.8 Å². The topological polar surface area (TPSA) is 79.2 Å². The summed E-state index contributed by atoms with van der Waals surface area (Å²) in [5.74, 6) is 0. The van der Waals surface area contributed by atoms with Gasteiger partial charge in [-0.15, -0.1) is 0 Å². The number of rotatable bonds is 7. The predicted octanol–water partition coefficient (Wildman–Crippen LogP) is -0.609. The summed E-state index contributed by atoms with van der Waals surface area (Å²) in [6, 6.07) is 0. The molecule has 0 saturated carbocycles. The molecule has 0 unspecified atom stereocenters. The lowest BCUT2D eigenvalue weighted by Gasteiger charge is -2.06. The second kappa shape index (κ2) is 15.3. The standard InChI is InChI=1S/C7H16O3.C2H6O2/c1-7(2)10-6-5-9-4-3-8;3-1-2-4/h7-8H,3-6H2,1-2H3;3-4H,1-2H2. The minimum atomic E-state index is -0.125. The zero-order valence-corrected chi connectivity index (χ0v) is 8.98. The van der Waals surface area contributed by atoms with Crippen LogP contribution < -0.4 is 0 Å². The Morgan fingerprint density at radius 2 is 1.43 bits per heavy atom. The van der Waals surface area contributed by atoms with Gasteiger partial charge in [-0.2, -0.15) is 0 Å². The minimum absolute atomic E-state index is 0.0850. The van der Waals surface area contributed by atoms with Crippen LogP contribution in [0.2, 0.25) is 0 Å².